The molecule has 0 radical (unpaired) electrons. The SMILES string of the molecule is CCC1(C)c2ccccc2-c2n(-c3ccc4sc5ccccc5c4c3)cc[n+]2C1(C)CC. The molecule has 1 aliphatic heterocycles. The first-order chi connectivity index (χ1) is 15.5. The van der Waals surface area contributed by atoms with E-state index in [0.29, 0.717) is 0 Å². The fourth-order valence-corrected chi connectivity index (χ4v) is 7.05. The van der Waals surface area contributed by atoms with Crippen molar-refractivity contribution >= 4 is 31.5 Å². The Morgan fingerprint density at radius 2 is 1.59 bits per heavy atom. The van der Waals surface area contributed by atoms with E-state index in [4.69, 9.17) is 0 Å². The third-order valence-corrected chi connectivity index (χ3v) is 9.49. The van der Waals surface area contributed by atoms with Gasteiger partial charge in [-0.15, -0.1) is 11.3 Å². The Morgan fingerprint density at radius 1 is 0.844 bits per heavy atom. The van der Waals surface area contributed by atoms with E-state index in [-0.39, 0.29) is 11.0 Å². The van der Waals surface area contributed by atoms with Gasteiger partial charge in [0.2, 0.25) is 0 Å². The van der Waals surface area contributed by atoms with Gasteiger partial charge in [-0.05, 0) is 55.7 Å². The number of hydrogen-bond donors (Lipinski definition) is 0. The van der Waals surface area contributed by atoms with Crippen LogP contribution in [0.3, 0.4) is 0 Å². The predicted molar refractivity (Wildman–Crippen MR) is 136 cm³/mol. The number of fused-ring (bicyclic) bond motifs is 6. The fraction of sp³-hybridized carbons (Fsp3) is 0.276. The quantitative estimate of drug-likeness (QED) is 0.257. The van der Waals surface area contributed by atoms with Gasteiger partial charge in [-0.25, -0.2) is 4.57 Å². The summed E-state index contributed by atoms with van der Waals surface area (Å²) < 4.78 is 7.65. The molecule has 1 aliphatic rings. The van der Waals surface area contributed by atoms with Crippen molar-refractivity contribution < 1.29 is 4.57 Å². The molecule has 2 atom stereocenters. The third-order valence-electron chi connectivity index (χ3n) is 8.34. The van der Waals surface area contributed by atoms with Crippen LogP contribution < -0.4 is 4.57 Å². The van der Waals surface area contributed by atoms with Gasteiger partial charge in [0.05, 0.1) is 5.56 Å². The molecule has 32 heavy (non-hydrogen) atoms. The van der Waals surface area contributed by atoms with Crippen LogP contribution in [0.2, 0.25) is 0 Å². The van der Waals surface area contributed by atoms with E-state index in [1.807, 2.05) is 11.3 Å². The lowest BCUT2D eigenvalue weighted by Gasteiger charge is -2.47. The van der Waals surface area contributed by atoms with Crippen LogP contribution in [0.15, 0.2) is 79.1 Å². The molecule has 0 spiro atoms. The molecule has 0 aliphatic carbocycles. The highest BCUT2D eigenvalue weighted by Crippen LogP contribution is 2.49. The van der Waals surface area contributed by atoms with Gasteiger partial charge >= 0.3 is 0 Å². The summed E-state index contributed by atoms with van der Waals surface area (Å²) in [4.78, 5) is 0. The average Bonchev–Trinajstić information content (AvgIpc) is 3.44. The summed E-state index contributed by atoms with van der Waals surface area (Å²) >= 11 is 1.88. The van der Waals surface area contributed by atoms with E-state index in [9.17, 15) is 0 Å². The molecular formula is C29H29N2S+. The molecule has 0 fully saturated rings. The van der Waals surface area contributed by atoms with Crippen molar-refractivity contribution in [2.24, 2.45) is 0 Å². The molecular weight excluding hydrogens is 408 g/mol. The van der Waals surface area contributed by atoms with Crippen molar-refractivity contribution in [1.82, 2.24) is 4.57 Å². The first kappa shape index (κ1) is 19.8. The monoisotopic (exact) mass is 437 g/mol. The number of hydrogen-bond acceptors (Lipinski definition) is 1. The van der Waals surface area contributed by atoms with E-state index in [0.717, 1.165) is 12.8 Å². The Bertz CT molecular complexity index is 1490. The van der Waals surface area contributed by atoms with Crippen molar-refractivity contribution in [2.75, 3.05) is 0 Å². The molecule has 0 N–H and O–H groups in total. The lowest BCUT2D eigenvalue weighted by Crippen LogP contribution is -2.67. The Morgan fingerprint density at radius 3 is 2.41 bits per heavy atom. The number of rotatable bonds is 3. The summed E-state index contributed by atoms with van der Waals surface area (Å²) in [5.74, 6) is 1.29. The van der Waals surface area contributed by atoms with Crippen molar-refractivity contribution in [2.45, 2.75) is 51.5 Å². The van der Waals surface area contributed by atoms with Gasteiger partial charge in [0, 0.05) is 25.6 Å². The normalized spacial score (nSPS) is 22.2. The number of aromatic nitrogens is 2. The first-order valence-electron chi connectivity index (χ1n) is 11.7. The molecule has 3 heteroatoms. The minimum atomic E-state index is 0.00979. The van der Waals surface area contributed by atoms with Gasteiger partial charge in [0.15, 0.2) is 0 Å². The maximum absolute atomic E-state index is 2.55. The number of benzene rings is 3. The second kappa shape index (κ2) is 6.79. The Hall–Kier alpha value is -2.91. The van der Waals surface area contributed by atoms with Crippen LogP contribution in [0.1, 0.15) is 46.1 Å². The van der Waals surface area contributed by atoms with Crippen LogP contribution in [0.25, 0.3) is 37.2 Å². The van der Waals surface area contributed by atoms with E-state index >= 15 is 0 Å². The standard InChI is InChI=1S/C29H29N2S/c1-5-28(3)24-13-9-7-12-22(24)27-30(17-18-31(27)29(28,4)6-2)20-15-16-26-23(19-20)21-11-8-10-14-25(21)32-26/h7-19H,5-6H2,1-4H3/q+1. The van der Waals surface area contributed by atoms with Gasteiger partial charge in [-0.2, -0.15) is 4.57 Å². The highest BCUT2D eigenvalue weighted by atomic mass is 32.1. The maximum Gasteiger partial charge on any atom is 0.294 e. The molecule has 3 heterocycles. The zero-order chi connectivity index (χ0) is 22.1. The second-order valence-electron chi connectivity index (χ2n) is 9.50. The smallest absolute Gasteiger partial charge is 0.224 e. The molecule has 3 aromatic carbocycles. The highest BCUT2D eigenvalue weighted by molar-refractivity contribution is 7.25. The molecule has 6 rings (SSSR count). The van der Waals surface area contributed by atoms with Crippen molar-refractivity contribution in [3.05, 3.63) is 84.7 Å². The molecule has 0 amide bonds. The van der Waals surface area contributed by atoms with Gasteiger partial charge in [0.25, 0.3) is 5.82 Å². The Kier molecular flexibility index (Phi) is 4.19. The van der Waals surface area contributed by atoms with Crippen LogP contribution in [0, 0.1) is 0 Å². The summed E-state index contributed by atoms with van der Waals surface area (Å²) in [5, 5.41) is 2.69. The molecule has 2 unspecified atom stereocenters. The fourth-order valence-electron chi connectivity index (χ4n) is 5.97. The second-order valence-corrected chi connectivity index (χ2v) is 10.6. The van der Waals surface area contributed by atoms with Gasteiger partial charge in [-0.1, -0.05) is 57.2 Å². The van der Waals surface area contributed by atoms with Crippen LogP contribution in [0.4, 0.5) is 0 Å². The zero-order valence-corrected chi connectivity index (χ0v) is 20.0. The number of nitrogens with zero attached hydrogens (tertiary/aromatic N) is 2. The van der Waals surface area contributed by atoms with Crippen molar-refractivity contribution in [3.63, 3.8) is 0 Å². The molecule has 0 saturated heterocycles. The van der Waals surface area contributed by atoms with E-state index < -0.39 is 0 Å². The van der Waals surface area contributed by atoms with Crippen LogP contribution >= 0.6 is 11.3 Å². The third kappa shape index (κ3) is 2.38. The molecule has 160 valence electrons. The van der Waals surface area contributed by atoms with Crippen LogP contribution in [-0.4, -0.2) is 4.57 Å². The van der Waals surface area contributed by atoms with Crippen LogP contribution in [-0.2, 0) is 11.0 Å². The average molecular weight is 438 g/mol. The minimum absolute atomic E-state index is 0.00979. The lowest BCUT2D eigenvalue weighted by molar-refractivity contribution is -0.764. The maximum atomic E-state index is 2.55. The molecule has 2 aromatic heterocycles. The minimum Gasteiger partial charge on any atom is -0.224 e. The van der Waals surface area contributed by atoms with Crippen molar-refractivity contribution in [3.8, 4) is 17.1 Å². The molecule has 0 bridgehead atoms. The predicted octanol–water partition coefficient (Wildman–Crippen LogP) is 7.61. The summed E-state index contributed by atoms with van der Waals surface area (Å²) in [6.45, 7) is 9.56. The summed E-state index contributed by atoms with van der Waals surface area (Å²) in [5.41, 5.74) is 4.13. The number of imidazole rings is 1. The van der Waals surface area contributed by atoms with Gasteiger partial charge in [-0.3, -0.25) is 0 Å². The van der Waals surface area contributed by atoms with E-state index in [1.54, 1.807) is 0 Å². The lowest BCUT2D eigenvalue weighted by atomic mass is 9.61. The van der Waals surface area contributed by atoms with Crippen molar-refractivity contribution in [1.29, 1.82) is 0 Å². The molecule has 2 nitrogen and oxygen atoms in total. The Balaban J connectivity index is 1.65. The topological polar surface area (TPSA) is 8.81 Å². The van der Waals surface area contributed by atoms with Crippen LogP contribution in [0.5, 0.6) is 0 Å². The van der Waals surface area contributed by atoms with Gasteiger partial charge in [0.1, 0.15) is 23.6 Å². The molecule has 0 saturated carbocycles. The largest absolute Gasteiger partial charge is 0.294 e. The van der Waals surface area contributed by atoms with E-state index in [2.05, 4.69) is 116 Å². The molecule has 5 aromatic rings. The number of thiophene rings is 1. The van der Waals surface area contributed by atoms with Gasteiger partial charge < -0.3 is 0 Å². The highest BCUT2D eigenvalue weighted by Gasteiger charge is 2.54. The van der Waals surface area contributed by atoms with E-state index in [1.165, 1.54) is 42.8 Å². The summed E-state index contributed by atoms with van der Waals surface area (Å²) in [6, 6.07) is 24.7. The first-order valence-corrected chi connectivity index (χ1v) is 12.5. The Labute approximate surface area is 193 Å². The summed E-state index contributed by atoms with van der Waals surface area (Å²) in [7, 11) is 0. The zero-order valence-electron chi connectivity index (χ0n) is 19.2. The summed E-state index contributed by atoms with van der Waals surface area (Å²) in [6.07, 6.45) is 6.76.